The lowest BCUT2D eigenvalue weighted by Crippen LogP contribution is -2.36. The molecule has 2 N–H and O–H groups in total. The zero-order chi connectivity index (χ0) is 15.0. The fourth-order valence-corrected chi connectivity index (χ4v) is 2.96. The van der Waals surface area contributed by atoms with Gasteiger partial charge in [0.1, 0.15) is 0 Å². The second kappa shape index (κ2) is 5.24. The smallest absolute Gasteiger partial charge is 0.196 e. The van der Waals surface area contributed by atoms with Gasteiger partial charge in [-0.3, -0.25) is 4.99 Å². The first kappa shape index (κ1) is 13.7. The maximum absolute atomic E-state index is 6.15. The topological polar surface area (TPSA) is 41.6 Å². The van der Waals surface area contributed by atoms with Gasteiger partial charge in [0.15, 0.2) is 5.96 Å². The molecule has 1 aliphatic heterocycles. The third-order valence-electron chi connectivity index (χ3n) is 4.27. The summed E-state index contributed by atoms with van der Waals surface area (Å²) in [7, 11) is 0. The summed E-state index contributed by atoms with van der Waals surface area (Å²) in [5, 5.41) is 0. The maximum atomic E-state index is 6.15. The molecule has 2 aromatic rings. The third-order valence-corrected chi connectivity index (χ3v) is 4.27. The predicted octanol–water partition coefficient (Wildman–Crippen LogP) is 3.49. The molecule has 1 aliphatic rings. The van der Waals surface area contributed by atoms with Crippen LogP contribution in [-0.4, -0.2) is 12.5 Å². The molecule has 0 fully saturated rings. The maximum Gasteiger partial charge on any atom is 0.196 e. The van der Waals surface area contributed by atoms with E-state index in [1.165, 1.54) is 22.3 Å². The summed E-state index contributed by atoms with van der Waals surface area (Å²) in [6.07, 6.45) is 0. The van der Waals surface area contributed by atoms with E-state index in [2.05, 4.69) is 73.1 Å². The molecule has 0 saturated heterocycles. The summed E-state index contributed by atoms with van der Waals surface area (Å²) in [5.74, 6) is 0.603. The van der Waals surface area contributed by atoms with Crippen molar-refractivity contribution in [2.24, 2.45) is 10.7 Å². The molecule has 0 spiro atoms. The highest BCUT2D eigenvalue weighted by molar-refractivity contribution is 5.97. The van der Waals surface area contributed by atoms with Crippen molar-refractivity contribution in [3.8, 4) is 0 Å². The first-order valence-electron chi connectivity index (χ1n) is 7.30. The van der Waals surface area contributed by atoms with E-state index in [-0.39, 0.29) is 6.04 Å². The van der Waals surface area contributed by atoms with Crippen LogP contribution in [-0.2, 0) is 0 Å². The van der Waals surface area contributed by atoms with Gasteiger partial charge in [-0.2, -0.15) is 0 Å². The van der Waals surface area contributed by atoms with E-state index in [1.54, 1.807) is 0 Å². The fourth-order valence-electron chi connectivity index (χ4n) is 2.96. The van der Waals surface area contributed by atoms with E-state index in [0.29, 0.717) is 12.5 Å². The average molecular weight is 279 g/mol. The van der Waals surface area contributed by atoms with Gasteiger partial charge >= 0.3 is 0 Å². The molecule has 1 atom stereocenters. The number of nitrogens with two attached hydrogens (primary N) is 1. The molecule has 108 valence electrons. The Labute approximate surface area is 126 Å². The fraction of sp³-hybridized carbons (Fsp3) is 0.278. The van der Waals surface area contributed by atoms with Gasteiger partial charge in [-0.05, 0) is 55.2 Å². The van der Waals surface area contributed by atoms with Crippen LogP contribution in [0.3, 0.4) is 0 Å². The SMILES string of the molecule is Cc1cccc(N2C(N)=NCC2c2cccc(C)c2C)c1. The number of aliphatic imine (C=N–C) groups is 1. The van der Waals surface area contributed by atoms with Gasteiger partial charge in [0.25, 0.3) is 0 Å². The highest BCUT2D eigenvalue weighted by atomic mass is 15.3. The summed E-state index contributed by atoms with van der Waals surface area (Å²) < 4.78 is 0. The largest absolute Gasteiger partial charge is 0.369 e. The van der Waals surface area contributed by atoms with Crippen LogP contribution in [0.15, 0.2) is 47.5 Å². The first-order valence-corrected chi connectivity index (χ1v) is 7.30. The molecule has 0 radical (unpaired) electrons. The van der Waals surface area contributed by atoms with Crippen LogP contribution in [0.5, 0.6) is 0 Å². The average Bonchev–Trinajstić information content (AvgIpc) is 2.83. The second-order valence-electron chi connectivity index (χ2n) is 5.71. The summed E-state index contributed by atoms with van der Waals surface area (Å²) in [6.45, 7) is 7.13. The van der Waals surface area contributed by atoms with Gasteiger partial charge in [-0.15, -0.1) is 0 Å². The van der Waals surface area contributed by atoms with Gasteiger partial charge in [0, 0.05) is 5.69 Å². The van der Waals surface area contributed by atoms with Gasteiger partial charge in [-0.25, -0.2) is 0 Å². The Balaban J connectivity index is 2.05. The normalized spacial score (nSPS) is 18.0. The molecule has 0 amide bonds. The van der Waals surface area contributed by atoms with E-state index >= 15 is 0 Å². The number of rotatable bonds is 2. The Morgan fingerprint density at radius 1 is 1.10 bits per heavy atom. The van der Waals surface area contributed by atoms with E-state index in [9.17, 15) is 0 Å². The number of nitrogens with zero attached hydrogens (tertiary/aromatic N) is 2. The van der Waals surface area contributed by atoms with Crippen molar-refractivity contribution >= 4 is 11.6 Å². The van der Waals surface area contributed by atoms with Crippen LogP contribution in [0, 0.1) is 20.8 Å². The molecular weight excluding hydrogens is 258 g/mol. The number of aryl methyl sites for hydroxylation is 2. The van der Waals surface area contributed by atoms with E-state index < -0.39 is 0 Å². The summed E-state index contributed by atoms with van der Waals surface area (Å²) in [6, 6.07) is 15.0. The minimum atomic E-state index is 0.187. The number of hydrogen-bond donors (Lipinski definition) is 1. The standard InChI is InChI=1S/C18H21N3/c1-12-6-4-8-15(10-12)21-17(11-20-18(21)19)16-9-5-7-13(2)14(16)3/h4-10,17H,11H2,1-3H3,(H2,19,20). The van der Waals surface area contributed by atoms with Crippen molar-refractivity contribution in [2.45, 2.75) is 26.8 Å². The number of benzene rings is 2. The Morgan fingerprint density at radius 3 is 2.62 bits per heavy atom. The minimum Gasteiger partial charge on any atom is -0.369 e. The lowest BCUT2D eigenvalue weighted by molar-refractivity contribution is 0.761. The molecular formula is C18H21N3. The molecule has 0 saturated carbocycles. The highest BCUT2D eigenvalue weighted by Gasteiger charge is 2.29. The van der Waals surface area contributed by atoms with Crippen LogP contribution < -0.4 is 10.6 Å². The Morgan fingerprint density at radius 2 is 1.86 bits per heavy atom. The van der Waals surface area contributed by atoms with Crippen molar-refractivity contribution in [3.05, 3.63) is 64.7 Å². The molecule has 3 nitrogen and oxygen atoms in total. The zero-order valence-electron chi connectivity index (χ0n) is 12.8. The van der Waals surface area contributed by atoms with Crippen molar-refractivity contribution in [3.63, 3.8) is 0 Å². The van der Waals surface area contributed by atoms with Gasteiger partial charge < -0.3 is 10.6 Å². The molecule has 0 aliphatic carbocycles. The quantitative estimate of drug-likeness (QED) is 0.914. The van der Waals surface area contributed by atoms with E-state index in [0.717, 1.165) is 5.69 Å². The Kier molecular flexibility index (Phi) is 3.42. The van der Waals surface area contributed by atoms with Crippen molar-refractivity contribution < 1.29 is 0 Å². The third kappa shape index (κ3) is 2.40. The Hall–Kier alpha value is -2.29. The Bertz CT molecular complexity index is 703. The van der Waals surface area contributed by atoms with Crippen LogP contribution in [0.2, 0.25) is 0 Å². The van der Waals surface area contributed by atoms with Crippen molar-refractivity contribution in [1.29, 1.82) is 0 Å². The summed E-state index contributed by atoms with van der Waals surface area (Å²) in [5.41, 5.74) is 12.4. The zero-order valence-corrected chi connectivity index (χ0v) is 12.8. The second-order valence-corrected chi connectivity index (χ2v) is 5.71. The minimum absolute atomic E-state index is 0.187. The van der Waals surface area contributed by atoms with Crippen molar-refractivity contribution in [2.75, 3.05) is 11.4 Å². The predicted molar refractivity (Wildman–Crippen MR) is 88.8 cm³/mol. The van der Waals surface area contributed by atoms with E-state index in [1.807, 2.05) is 0 Å². The molecule has 3 heteroatoms. The summed E-state index contributed by atoms with van der Waals surface area (Å²) >= 11 is 0. The number of guanidine groups is 1. The number of hydrogen-bond acceptors (Lipinski definition) is 3. The van der Waals surface area contributed by atoms with Crippen LogP contribution in [0.1, 0.15) is 28.3 Å². The van der Waals surface area contributed by atoms with Crippen LogP contribution in [0.4, 0.5) is 5.69 Å². The highest BCUT2D eigenvalue weighted by Crippen LogP contribution is 2.33. The lowest BCUT2D eigenvalue weighted by Gasteiger charge is -2.28. The van der Waals surface area contributed by atoms with Gasteiger partial charge in [0.05, 0.1) is 12.6 Å². The molecule has 1 heterocycles. The number of anilines is 1. The molecule has 2 aromatic carbocycles. The van der Waals surface area contributed by atoms with Gasteiger partial charge in [0.2, 0.25) is 0 Å². The molecule has 0 aromatic heterocycles. The molecule has 0 bridgehead atoms. The summed E-state index contributed by atoms with van der Waals surface area (Å²) in [4.78, 5) is 6.62. The lowest BCUT2D eigenvalue weighted by atomic mass is 9.96. The van der Waals surface area contributed by atoms with Crippen molar-refractivity contribution in [1.82, 2.24) is 0 Å². The van der Waals surface area contributed by atoms with E-state index in [4.69, 9.17) is 5.73 Å². The molecule has 21 heavy (non-hydrogen) atoms. The van der Waals surface area contributed by atoms with Crippen LogP contribution in [0.25, 0.3) is 0 Å². The van der Waals surface area contributed by atoms with Crippen LogP contribution >= 0.6 is 0 Å². The molecule has 1 unspecified atom stereocenters. The van der Waals surface area contributed by atoms with Gasteiger partial charge in [-0.1, -0.05) is 30.3 Å². The molecule has 3 rings (SSSR count). The monoisotopic (exact) mass is 279 g/mol. The first-order chi connectivity index (χ1) is 10.1.